The predicted octanol–water partition coefficient (Wildman–Crippen LogP) is 3.36. The Kier molecular flexibility index (Phi) is 3.47. The summed E-state index contributed by atoms with van der Waals surface area (Å²) in [7, 11) is 0. The summed E-state index contributed by atoms with van der Waals surface area (Å²) < 4.78 is 2.16. The van der Waals surface area contributed by atoms with E-state index in [1.165, 1.54) is 0 Å². The van der Waals surface area contributed by atoms with Crippen molar-refractivity contribution >= 4 is 10.9 Å². The number of nitrogens with zero attached hydrogens (tertiary/aromatic N) is 2. The molecule has 0 unspecified atom stereocenters. The van der Waals surface area contributed by atoms with Crippen molar-refractivity contribution in [2.24, 2.45) is 0 Å². The number of para-hydroxylation sites is 1. The molecule has 104 valence electrons. The molecule has 0 atom stereocenters. The topological polar surface area (TPSA) is 49.0 Å². The number of hydrogen-bond donors (Lipinski definition) is 1. The maximum Gasteiger partial charge on any atom is 0.0995 e. The predicted molar refractivity (Wildman–Crippen MR) is 82.9 cm³/mol. The maximum absolute atomic E-state index is 9.63. The first-order valence-corrected chi connectivity index (χ1v) is 6.92. The summed E-state index contributed by atoms with van der Waals surface area (Å²) in [6.07, 6.45) is 0. The van der Waals surface area contributed by atoms with E-state index >= 15 is 0 Å². The molecule has 0 fully saturated rings. The molecule has 0 saturated carbocycles. The molecule has 3 nitrogen and oxygen atoms in total. The van der Waals surface area contributed by atoms with Crippen LogP contribution in [0.1, 0.15) is 22.4 Å². The number of hydrogen-bond acceptors (Lipinski definition) is 2. The quantitative estimate of drug-likeness (QED) is 0.797. The zero-order chi connectivity index (χ0) is 14.8. The highest BCUT2D eigenvalue weighted by Gasteiger charge is 2.13. The summed E-state index contributed by atoms with van der Waals surface area (Å²) in [4.78, 5) is 0. The number of aromatic nitrogens is 1. The number of rotatable bonds is 3. The molecule has 0 saturated heterocycles. The van der Waals surface area contributed by atoms with Crippen LogP contribution < -0.4 is 0 Å². The second-order valence-electron chi connectivity index (χ2n) is 5.09. The number of benzene rings is 2. The number of fused-ring (bicyclic) bond motifs is 1. The van der Waals surface area contributed by atoms with Crippen molar-refractivity contribution in [3.8, 4) is 6.07 Å². The lowest BCUT2D eigenvalue weighted by atomic mass is 10.1. The summed E-state index contributed by atoms with van der Waals surface area (Å²) in [6.45, 7) is 2.68. The summed E-state index contributed by atoms with van der Waals surface area (Å²) in [5.41, 5.74) is 4.78. The molecule has 0 radical (unpaired) electrons. The third kappa shape index (κ3) is 2.20. The van der Waals surface area contributed by atoms with Gasteiger partial charge in [-0.05, 0) is 24.6 Å². The summed E-state index contributed by atoms with van der Waals surface area (Å²) in [5, 5.41) is 19.9. The highest BCUT2D eigenvalue weighted by atomic mass is 16.3. The minimum atomic E-state index is 0.0270. The van der Waals surface area contributed by atoms with Gasteiger partial charge in [0.1, 0.15) is 0 Å². The molecule has 1 heterocycles. The van der Waals surface area contributed by atoms with E-state index < -0.39 is 0 Å². The molecule has 1 N–H and O–H groups in total. The molecule has 1 aromatic heterocycles. The standard InChI is InChI=1S/C18H16N2O/c1-13-17(12-21)16-8-4-5-9-18(16)20(13)11-15-7-3-2-6-14(15)10-19/h2-9,21H,11-12H2,1H3. The largest absolute Gasteiger partial charge is 0.392 e. The van der Waals surface area contributed by atoms with E-state index in [2.05, 4.69) is 16.7 Å². The van der Waals surface area contributed by atoms with Crippen LogP contribution in [0.4, 0.5) is 0 Å². The van der Waals surface area contributed by atoms with Crippen LogP contribution in [0.2, 0.25) is 0 Å². The van der Waals surface area contributed by atoms with Gasteiger partial charge < -0.3 is 9.67 Å². The van der Waals surface area contributed by atoms with Gasteiger partial charge in [0.05, 0.1) is 18.2 Å². The van der Waals surface area contributed by atoms with Gasteiger partial charge in [-0.1, -0.05) is 36.4 Å². The Morgan fingerprint density at radius 2 is 1.81 bits per heavy atom. The van der Waals surface area contributed by atoms with Crippen LogP contribution in [-0.4, -0.2) is 9.67 Å². The molecule has 0 amide bonds. The van der Waals surface area contributed by atoms with Gasteiger partial charge in [-0.2, -0.15) is 5.26 Å². The molecule has 0 aliphatic carbocycles. The second kappa shape index (κ2) is 5.43. The van der Waals surface area contributed by atoms with Gasteiger partial charge in [0.15, 0.2) is 0 Å². The Morgan fingerprint density at radius 3 is 2.57 bits per heavy atom. The van der Waals surface area contributed by atoms with E-state index in [-0.39, 0.29) is 6.61 Å². The molecule has 0 aliphatic heterocycles. The van der Waals surface area contributed by atoms with E-state index in [1.54, 1.807) is 0 Å². The first-order valence-electron chi connectivity index (χ1n) is 6.92. The molecule has 3 aromatic rings. The van der Waals surface area contributed by atoms with Crippen molar-refractivity contribution < 1.29 is 5.11 Å². The fourth-order valence-corrected chi connectivity index (χ4v) is 2.84. The van der Waals surface area contributed by atoms with E-state index in [0.29, 0.717) is 12.1 Å². The molecule has 21 heavy (non-hydrogen) atoms. The minimum absolute atomic E-state index is 0.0270. The van der Waals surface area contributed by atoms with Crippen LogP contribution in [0.3, 0.4) is 0 Å². The Bertz CT molecular complexity index is 840. The van der Waals surface area contributed by atoms with Crippen molar-refractivity contribution in [3.05, 3.63) is 70.9 Å². The molecule has 0 spiro atoms. The monoisotopic (exact) mass is 276 g/mol. The van der Waals surface area contributed by atoms with Crippen molar-refractivity contribution in [3.63, 3.8) is 0 Å². The van der Waals surface area contributed by atoms with Crippen molar-refractivity contribution in [2.75, 3.05) is 0 Å². The zero-order valence-electron chi connectivity index (χ0n) is 11.9. The van der Waals surface area contributed by atoms with Crippen LogP contribution in [0.15, 0.2) is 48.5 Å². The van der Waals surface area contributed by atoms with Gasteiger partial charge in [-0.25, -0.2) is 0 Å². The second-order valence-corrected chi connectivity index (χ2v) is 5.09. The highest BCUT2D eigenvalue weighted by molar-refractivity contribution is 5.85. The van der Waals surface area contributed by atoms with E-state index in [0.717, 1.165) is 27.7 Å². The highest BCUT2D eigenvalue weighted by Crippen LogP contribution is 2.27. The van der Waals surface area contributed by atoms with Gasteiger partial charge in [-0.3, -0.25) is 0 Å². The van der Waals surface area contributed by atoms with Gasteiger partial charge in [0.25, 0.3) is 0 Å². The summed E-state index contributed by atoms with van der Waals surface area (Å²) in [5.74, 6) is 0. The Labute approximate surface area is 123 Å². The fourth-order valence-electron chi connectivity index (χ4n) is 2.84. The fraction of sp³-hybridized carbons (Fsp3) is 0.167. The van der Waals surface area contributed by atoms with Crippen LogP contribution in [0, 0.1) is 18.3 Å². The van der Waals surface area contributed by atoms with E-state index in [4.69, 9.17) is 0 Å². The smallest absolute Gasteiger partial charge is 0.0995 e. The van der Waals surface area contributed by atoms with Crippen LogP contribution in [0.5, 0.6) is 0 Å². The summed E-state index contributed by atoms with van der Waals surface area (Å²) in [6, 6.07) is 17.9. The Balaban J connectivity index is 2.17. The van der Waals surface area contributed by atoms with Crippen molar-refractivity contribution in [1.82, 2.24) is 4.57 Å². The first kappa shape index (κ1) is 13.4. The molecular weight excluding hydrogens is 260 g/mol. The normalized spacial score (nSPS) is 10.7. The molecule has 3 rings (SSSR count). The van der Waals surface area contributed by atoms with Crippen molar-refractivity contribution in [2.45, 2.75) is 20.1 Å². The van der Waals surface area contributed by atoms with E-state index in [9.17, 15) is 10.4 Å². The third-order valence-corrected chi connectivity index (χ3v) is 3.99. The molecule has 3 heteroatoms. The average Bonchev–Trinajstić information content (AvgIpc) is 2.80. The van der Waals surface area contributed by atoms with Crippen LogP contribution in [0.25, 0.3) is 10.9 Å². The molecule has 0 bridgehead atoms. The van der Waals surface area contributed by atoms with Gasteiger partial charge in [0.2, 0.25) is 0 Å². The first-order chi connectivity index (χ1) is 10.3. The van der Waals surface area contributed by atoms with Crippen LogP contribution in [-0.2, 0) is 13.2 Å². The maximum atomic E-state index is 9.63. The SMILES string of the molecule is Cc1c(CO)c2ccccc2n1Cc1ccccc1C#N. The van der Waals surface area contributed by atoms with Crippen molar-refractivity contribution in [1.29, 1.82) is 5.26 Å². The minimum Gasteiger partial charge on any atom is -0.392 e. The molecular formula is C18H16N2O. The van der Waals surface area contributed by atoms with Crippen LogP contribution >= 0.6 is 0 Å². The molecule has 0 aliphatic rings. The van der Waals surface area contributed by atoms with Gasteiger partial charge >= 0.3 is 0 Å². The number of nitriles is 1. The zero-order valence-corrected chi connectivity index (χ0v) is 11.9. The van der Waals surface area contributed by atoms with E-state index in [1.807, 2.05) is 49.4 Å². The van der Waals surface area contributed by atoms with Gasteiger partial charge in [0, 0.05) is 28.7 Å². The molecule has 2 aromatic carbocycles. The lowest BCUT2D eigenvalue weighted by Crippen LogP contribution is -2.04. The lowest BCUT2D eigenvalue weighted by molar-refractivity contribution is 0.282. The Morgan fingerprint density at radius 1 is 1.10 bits per heavy atom. The van der Waals surface area contributed by atoms with Gasteiger partial charge in [-0.15, -0.1) is 0 Å². The summed E-state index contributed by atoms with van der Waals surface area (Å²) >= 11 is 0. The third-order valence-electron chi connectivity index (χ3n) is 3.99. The average molecular weight is 276 g/mol. The Hall–Kier alpha value is -2.57. The number of aliphatic hydroxyl groups is 1. The number of aliphatic hydroxyl groups excluding tert-OH is 1. The lowest BCUT2D eigenvalue weighted by Gasteiger charge is -2.10.